The summed E-state index contributed by atoms with van der Waals surface area (Å²) in [7, 11) is 0. The van der Waals surface area contributed by atoms with Crippen molar-refractivity contribution in [3.8, 4) is 0 Å². The number of aromatic amines is 1. The minimum Gasteiger partial charge on any atom is -0.348 e. The van der Waals surface area contributed by atoms with E-state index >= 15 is 0 Å². The molecule has 0 saturated carbocycles. The van der Waals surface area contributed by atoms with Gasteiger partial charge in [-0.15, -0.1) is 0 Å². The van der Waals surface area contributed by atoms with Crippen LogP contribution in [0.15, 0.2) is 36.5 Å². The van der Waals surface area contributed by atoms with Gasteiger partial charge < -0.3 is 9.80 Å². The Hall–Kier alpha value is -2.77. The van der Waals surface area contributed by atoms with E-state index in [-0.39, 0.29) is 6.04 Å². The molecule has 0 radical (unpaired) electrons. The smallest absolute Gasteiger partial charge is 0.348 e. The van der Waals surface area contributed by atoms with Crippen LogP contribution in [0.2, 0.25) is 0 Å². The zero-order valence-electron chi connectivity index (χ0n) is 13.7. The van der Waals surface area contributed by atoms with E-state index in [4.69, 9.17) is 0 Å². The van der Waals surface area contributed by atoms with Crippen LogP contribution in [-0.4, -0.2) is 27.9 Å². The second kappa shape index (κ2) is 5.37. The van der Waals surface area contributed by atoms with E-state index in [1.165, 1.54) is 6.07 Å². The Morgan fingerprint density at radius 2 is 1.96 bits per heavy atom. The average Bonchev–Trinajstić information content (AvgIpc) is 3.17. The quantitative estimate of drug-likeness (QED) is 0.751. The second-order valence-electron chi connectivity index (χ2n) is 6.31. The molecular formula is C17H16F3N5. The number of aromatic nitrogens is 3. The molecule has 25 heavy (non-hydrogen) atoms. The number of benzene rings is 1. The Morgan fingerprint density at radius 3 is 2.68 bits per heavy atom. The second-order valence-corrected chi connectivity index (χ2v) is 6.31. The SMILES string of the molecule is CC(C)N1CN(c2ccc3[nH]ncc3c2)c2nc(C(F)(F)F)ccc21. The van der Waals surface area contributed by atoms with E-state index in [0.717, 1.165) is 22.7 Å². The molecule has 0 amide bonds. The molecule has 3 heterocycles. The number of nitrogens with zero attached hydrogens (tertiary/aromatic N) is 4. The molecule has 0 fully saturated rings. The van der Waals surface area contributed by atoms with Gasteiger partial charge >= 0.3 is 6.18 Å². The van der Waals surface area contributed by atoms with Gasteiger partial charge in [0.1, 0.15) is 5.69 Å². The van der Waals surface area contributed by atoms with Crippen molar-refractivity contribution in [3.63, 3.8) is 0 Å². The molecule has 3 aromatic rings. The van der Waals surface area contributed by atoms with Crippen molar-refractivity contribution < 1.29 is 13.2 Å². The first-order chi connectivity index (χ1) is 11.8. The largest absolute Gasteiger partial charge is 0.433 e. The highest BCUT2D eigenvalue weighted by Gasteiger charge is 2.37. The third-order valence-electron chi connectivity index (χ3n) is 4.36. The van der Waals surface area contributed by atoms with Crippen LogP contribution in [0.25, 0.3) is 10.9 Å². The molecule has 0 atom stereocenters. The van der Waals surface area contributed by atoms with Gasteiger partial charge in [0.15, 0.2) is 5.82 Å². The Kier molecular flexibility index (Phi) is 3.38. The highest BCUT2D eigenvalue weighted by atomic mass is 19.4. The lowest BCUT2D eigenvalue weighted by atomic mass is 10.2. The molecule has 2 aromatic heterocycles. The minimum atomic E-state index is -4.47. The standard InChI is InChI=1S/C17H16F3N5/c1-10(2)24-9-25(12-3-4-13-11(7-12)8-21-23-13)16-14(24)5-6-15(22-16)17(18,19)20/h3-8,10H,9H2,1-2H3,(H,21,23). The molecule has 1 N–H and O–H groups in total. The number of alkyl halides is 3. The number of rotatable bonds is 2. The van der Waals surface area contributed by atoms with Gasteiger partial charge in [-0.1, -0.05) is 0 Å². The van der Waals surface area contributed by atoms with Crippen molar-refractivity contribution >= 4 is 28.1 Å². The van der Waals surface area contributed by atoms with Crippen LogP contribution in [0.1, 0.15) is 19.5 Å². The van der Waals surface area contributed by atoms with E-state index in [1.807, 2.05) is 36.9 Å². The van der Waals surface area contributed by atoms with Gasteiger partial charge in [-0.2, -0.15) is 18.3 Å². The van der Waals surface area contributed by atoms with E-state index in [0.29, 0.717) is 18.2 Å². The van der Waals surface area contributed by atoms with Crippen molar-refractivity contribution in [1.82, 2.24) is 15.2 Å². The highest BCUT2D eigenvalue weighted by molar-refractivity contribution is 5.86. The lowest BCUT2D eigenvalue weighted by molar-refractivity contribution is -0.141. The summed E-state index contributed by atoms with van der Waals surface area (Å²) in [5.41, 5.74) is 1.48. The first-order valence-electron chi connectivity index (χ1n) is 7.90. The predicted molar refractivity (Wildman–Crippen MR) is 90.0 cm³/mol. The highest BCUT2D eigenvalue weighted by Crippen LogP contribution is 2.42. The third-order valence-corrected chi connectivity index (χ3v) is 4.36. The van der Waals surface area contributed by atoms with Crippen molar-refractivity contribution in [2.45, 2.75) is 26.1 Å². The Morgan fingerprint density at radius 1 is 1.16 bits per heavy atom. The fourth-order valence-corrected chi connectivity index (χ4v) is 3.06. The van der Waals surface area contributed by atoms with Crippen molar-refractivity contribution in [2.75, 3.05) is 16.5 Å². The van der Waals surface area contributed by atoms with Gasteiger partial charge in [-0.3, -0.25) is 5.10 Å². The van der Waals surface area contributed by atoms with E-state index < -0.39 is 11.9 Å². The van der Waals surface area contributed by atoms with Crippen LogP contribution in [0, 0.1) is 0 Å². The number of hydrogen-bond donors (Lipinski definition) is 1. The number of hydrogen-bond acceptors (Lipinski definition) is 4. The van der Waals surface area contributed by atoms with Gasteiger partial charge in [0.05, 0.1) is 24.1 Å². The zero-order chi connectivity index (χ0) is 17.8. The van der Waals surface area contributed by atoms with Crippen molar-refractivity contribution in [2.24, 2.45) is 0 Å². The first kappa shape index (κ1) is 15.7. The molecule has 1 aliphatic heterocycles. The Bertz CT molecular complexity index is 931. The summed E-state index contributed by atoms with van der Waals surface area (Å²) >= 11 is 0. The summed E-state index contributed by atoms with van der Waals surface area (Å²) in [6.45, 7) is 4.46. The lowest BCUT2D eigenvalue weighted by Crippen LogP contribution is -2.33. The van der Waals surface area contributed by atoms with E-state index in [2.05, 4.69) is 15.2 Å². The molecular weight excluding hydrogens is 331 g/mol. The fourth-order valence-electron chi connectivity index (χ4n) is 3.06. The summed E-state index contributed by atoms with van der Waals surface area (Å²) in [5, 5.41) is 7.75. The number of halogens is 3. The number of anilines is 3. The molecule has 0 spiro atoms. The normalized spacial score (nSPS) is 14.6. The summed E-state index contributed by atoms with van der Waals surface area (Å²) in [5.74, 6) is 0.325. The maximum absolute atomic E-state index is 13.1. The number of H-pyrrole nitrogens is 1. The van der Waals surface area contributed by atoms with Gasteiger partial charge in [0.25, 0.3) is 0 Å². The molecule has 0 aliphatic carbocycles. The third kappa shape index (κ3) is 2.57. The summed E-state index contributed by atoms with van der Waals surface area (Å²) in [6, 6.07) is 8.30. The maximum atomic E-state index is 13.1. The lowest BCUT2D eigenvalue weighted by Gasteiger charge is -2.24. The molecule has 0 unspecified atom stereocenters. The van der Waals surface area contributed by atoms with Crippen LogP contribution in [-0.2, 0) is 6.18 Å². The van der Waals surface area contributed by atoms with Crippen LogP contribution in [0.3, 0.4) is 0 Å². The van der Waals surface area contributed by atoms with Gasteiger partial charge in [-0.05, 0) is 44.2 Å². The zero-order valence-corrected chi connectivity index (χ0v) is 13.7. The first-order valence-corrected chi connectivity index (χ1v) is 7.90. The summed E-state index contributed by atoms with van der Waals surface area (Å²) < 4.78 is 39.3. The molecule has 8 heteroatoms. The van der Waals surface area contributed by atoms with Gasteiger partial charge in [-0.25, -0.2) is 4.98 Å². The minimum absolute atomic E-state index is 0.139. The average molecular weight is 347 g/mol. The van der Waals surface area contributed by atoms with Crippen LogP contribution < -0.4 is 9.80 Å². The Balaban J connectivity index is 1.84. The number of fused-ring (bicyclic) bond motifs is 2. The van der Waals surface area contributed by atoms with Gasteiger partial charge in [0.2, 0.25) is 0 Å². The van der Waals surface area contributed by atoms with E-state index in [1.54, 1.807) is 11.1 Å². The summed E-state index contributed by atoms with van der Waals surface area (Å²) in [4.78, 5) is 7.75. The molecule has 4 rings (SSSR count). The van der Waals surface area contributed by atoms with Crippen LogP contribution in [0.5, 0.6) is 0 Å². The molecule has 1 aromatic carbocycles. The molecule has 1 aliphatic rings. The van der Waals surface area contributed by atoms with Crippen LogP contribution in [0.4, 0.5) is 30.4 Å². The predicted octanol–water partition coefficient (Wildman–Crippen LogP) is 4.30. The fraction of sp³-hybridized carbons (Fsp3) is 0.294. The van der Waals surface area contributed by atoms with Crippen molar-refractivity contribution in [3.05, 3.63) is 42.2 Å². The molecule has 130 valence electrons. The van der Waals surface area contributed by atoms with Crippen molar-refractivity contribution in [1.29, 1.82) is 0 Å². The molecule has 0 saturated heterocycles. The maximum Gasteiger partial charge on any atom is 0.433 e. The summed E-state index contributed by atoms with van der Waals surface area (Å²) in [6.07, 6.45) is -2.78. The Labute approximate surface area is 142 Å². The molecule has 5 nitrogen and oxygen atoms in total. The molecule has 0 bridgehead atoms. The monoisotopic (exact) mass is 347 g/mol. The topological polar surface area (TPSA) is 48.0 Å². The number of pyridine rings is 1. The van der Waals surface area contributed by atoms with E-state index in [9.17, 15) is 13.2 Å². The van der Waals surface area contributed by atoms with Crippen LogP contribution >= 0.6 is 0 Å². The number of nitrogens with one attached hydrogen (secondary N) is 1. The van der Waals surface area contributed by atoms with Gasteiger partial charge in [0, 0.05) is 17.1 Å².